The van der Waals surface area contributed by atoms with Crippen molar-refractivity contribution in [3.63, 3.8) is 0 Å². The first-order valence-electron chi connectivity index (χ1n) is 6.33. The minimum absolute atomic E-state index is 0.176. The Labute approximate surface area is 108 Å². The van der Waals surface area contributed by atoms with Crippen LogP contribution in [0, 0.1) is 0 Å². The van der Waals surface area contributed by atoms with Gasteiger partial charge in [0.15, 0.2) is 0 Å². The normalized spacial score (nSPS) is 32.9. The molecule has 0 radical (unpaired) electrons. The molecule has 0 spiro atoms. The summed E-state index contributed by atoms with van der Waals surface area (Å²) in [6.07, 6.45) is -2.27. The van der Waals surface area contributed by atoms with E-state index in [9.17, 15) is 14.8 Å². The predicted molar refractivity (Wildman–Crippen MR) is 66.7 cm³/mol. The molecule has 0 saturated carbocycles. The van der Waals surface area contributed by atoms with E-state index in [1.54, 1.807) is 20.8 Å². The van der Waals surface area contributed by atoms with Crippen molar-refractivity contribution in [3.8, 4) is 0 Å². The van der Waals surface area contributed by atoms with Gasteiger partial charge in [0.1, 0.15) is 12.2 Å². The fourth-order valence-electron chi connectivity index (χ4n) is 2.02. The van der Waals surface area contributed by atoms with Crippen LogP contribution in [0.2, 0.25) is 0 Å². The van der Waals surface area contributed by atoms with Crippen molar-refractivity contribution in [1.29, 1.82) is 0 Å². The summed E-state index contributed by atoms with van der Waals surface area (Å²) >= 11 is 0. The number of ether oxygens (including phenoxy) is 1. The Kier molecular flexibility index (Phi) is 6.24. The quantitative estimate of drug-likeness (QED) is 0.681. The molecule has 1 aliphatic heterocycles. The van der Waals surface area contributed by atoms with E-state index in [4.69, 9.17) is 13.8 Å². The van der Waals surface area contributed by atoms with Crippen LogP contribution in [0.4, 0.5) is 0 Å². The Hall–Kier alpha value is 0.0300. The number of aliphatic hydroxyl groups excluding tert-OH is 2. The van der Waals surface area contributed by atoms with Crippen LogP contribution < -0.4 is 0 Å². The first-order valence-corrected chi connectivity index (χ1v) is 8.06. The number of hydrogen-bond donors (Lipinski definition) is 2. The van der Waals surface area contributed by atoms with Gasteiger partial charge in [0.2, 0.25) is 0 Å². The molecule has 1 rings (SSSR count). The van der Waals surface area contributed by atoms with E-state index in [0.717, 1.165) is 0 Å². The van der Waals surface area contributed by atoms with E-state index in [2.05, 4.69) is 0 Å². The second-order valence-electron chi connectivity index (χ2n) is 4.32. The number of rotatable bonds is 7. The van der Waals surface area contributed by atoms with Crippen LogP contribution in [0.15, 0.2) is 0 Å². The summed E-state index contributed by atoms with van der Waals surface area (Å²) < 4.78 is 27.9. The maximum absolute atomic E-state index is 12.2. The van der Waals surface area contributed by atoms with Crippen molar-refractivity contribution in [1.82, 2.24) is 0 Å². The van der Waals surface area contributed by atoms with Crippen LogP contribution in [0.3, 0.4) is 0 Å². The third kappa shape index (κ3) is 4.02. The lowest BCUT2D eigenvalue weighted by Gasteiger charge is -2.20. The molecule has 0 aromatic carbocycles. The summed E-state index contributed by atoms with van der Waals surface area (Å²) in [5.41, 5.74) is 0. The van der Waals surface area contributed by atoms with E-state index in [-0.39, 0.29) is 6.16 Å². The molecule has 18 heavy (non-hydrogen) atoms. The Bertz CT molecular complexity index is 287. The van der Waals surface area contributed by atoms with Gasteiger partial charge in [-0.1, -0.05) is 0 Å². The third-order valence-electron chi connectivity index (χ3n) is 2.94. The molecule has 1 heterocycles. The van der Waals surface area contributed by atoms with Crippen molar-refractivity contribution in [2.45, 2.75) is 51.6 Å². The zero-order chi connectivity index (χ0) is 13.8. The summed E-state index contributed by atoms with van der Waals surface area (Å²) in [5, 5.41) is 19.3. The summed E-state index contributed by atoms with van der Waals surface area (Å²) in [4.78, 5) is 0. The van der Waals surface area contributed by atoms with E-state index in [0.29, 0.717) is 19.6 Å². The van der Waals surface area contributed by atoms with Gasteiger partial charge in [0.05, 0.1) is 31.6 Å². The van der Waals surface area contributed by atoms with Crippen LogP contribution in [0.1, 0.15) is 27.2 Å². The molecule has 6 nitrogen and oxygen atoms in total. The smallest absolute Gasteiger partial charge is 0.330 e. The average Bonchev–Trinajstić information content (AvgIpc) is 2.55. The van der Waals surface area contributed by atoms with E-state index >= 15 is 0 Å². The molecule has 1 saturated heterocycles. The lowest BCUT2D eigenvalue weighted by Crippen LogP contribution is -2.32. The molecule has 0 bridgehead atoms. The van der Waals surface area contributed by atoms with E-state index < -0.39 is 32.0 Å². The van der Waals surface area contributed by atoms with Gasteiger partial charge >= 0.3 is 7.60 Å². The van der Waals surface area contributed by atoms with Crippen molar-refractivity contribution in [2.75, 3.05) is 19.4 Å². The van der Waals surface area contributed by atoms with Gasteiger partial charge in [-0.3, -0.25) is 4.57 Å². The Morgan fingerprint density at radius 1 is 1.17 bits per heavy atom. The Morgan fingerprint density at radius 3 is 2.11 bits per heavy atom. The second kappa shape index (κ2) is 6.98. The molecule has 108 valence electrons. The van der Waals surface area contributed by atoms with Gasteiger partial charge in [-0.15, -0.1) is 0 Å². The molecule has 1 unspecified atom stereocenters. The number of aliphatic hydroxyl groups is 2. The third-order valence-corrected chi connectivity index (χ3v) is 5.05. The topological polar surface area (TPSA) is 85.2 Å². The number of hydrogen-bond acceptors (Lipinski definition) is 6. The summed E-state index contributed by atoms with van der Waals surface area (Å²) in [6, 6.07) is 0. The molecule has 0 aromatic rings. The molecule has 2 N–H and O–H groups in total. The SMILES string of the molecule is CCOP(=O)(CC[C@H]1O[C@@H](C)C(O)[C@H]1O)OCC. The molecule has 0 amide bonds. The fourth-order valence-corrected chi connectivity index (χ4v) is 3.71. The molecule has 7 heteroatoms. The van der Waals surface area contributed by atoms with Crippen molar-refractivity contribution in [2.24, 2.45) is 0 Å². The molecule has 4 atom stereocenters. The summed E-state index contributed by atoms with van der Waals surface area (Å²) in [5.74, 6) is 0. The molecular formula is C11H23O6P. The van der Waals surface area contributed by atoms with Crippen LogP contribution in [0.5, 0.6) is 0 Å². The zero-order valence-electron chi connectivity index (χ0n) is 11.1. The zero-order valence-corrected chi connectivity index (χ0v) is 12.0. The minimum Gasteiger partial charge on any atom is -0.388 e. The maximum atomic E-state index is 12.2. The molecule has 1 aliphatic rings. The van der Waals surface area contributed by atoms with Crippen LogP contribution in [-0.4, -0.2) is 54.0 Å². The first-order chi connectivity index (χ1) is 8.43. The maximum Gasteiger partial charge on any atom is 0.330 e. The van der Waals surface area contributed by atoms with Crippen molar-refractivity contribution >= 4 is 7.60 Å². The van der Waals surface area contributed by atoms with Gasteiger partial charge in [0.25, 0.3) is 0 Å². The largest absolute Gasteiger partial charge is 0.388 e. The van der Waals surface area contributed by atoms with Gasteiger partial charge in [-0.2, -0.15) is 0 Å². The Morgan fingerprint density at radius 2 is 1.72 bits per heavy atom. The van der Waals surface area contributed by atoms with Crippen molar-refractivity contribution < 1.29 is 28.6 Å². The predicted octanol–water partition coefficient (Wildman–Crippen LogP) is 1.15. The fraction of sp³-hybridized carbons (Fsp3) is 1.00. The van der Waals surface area contributed by atoms with Gasteiger partial charge in [-0.25, -0.2) is 0 Å². The summed E-state index contributed by atoms with van der Waals surface area (Å²) in [7, 11) is -3.11. The standard InChI is InChI=1S/C11H23O6P/c1-4-15-18(14,16-5-2)7-6-9-11(13)10(12)8(3)17-9/h8-13H,4-7H2,1-3H3/t8-,9+,10?,11-/m0/s1. The van der Waals surface area contributed by atoms with Crippen molar-refractivity contribution in [3.05, 3.63) is 0 Å². The van der Waals surface area contributed by atoms with Crippen LogP contribution in [-0.2, 0) is 18.3 Å². The molecule has 1 fully saturated rings. The van der Waals surface area contributed by atoms with Gasteiger partial charge in [0, 0.05) is 0 Å². The highest BCUT2D eigenvalue weighted by atomic mass is 31.2. The summed E-state index contributed by atoms with van der Waals surface area (Å²) in [6.45, 7) is 5.81. The van der Waals surface area contributed by atoms with E-state index in [1.165, 1.54) is 0 Å². The van der Waals surface area contributed by atoms with E-state index in [1.807, 2.05) is 0 Å². The molecular weight excluding hydrogens is 259 g/mol. The second-order valence-corrected chi connectivity index (χ2v) is 6.50. The van der Waals surface area contributed by atoms with Gasteiger partial charge in [-0.05, 0) is 27.2 Å². The Balaban J connectivity index is 2.50. The highest BCUT2D eigenvalue weighted by Gasteiger charge is 2.41. The van der Waals surface area contributed by atoms with Crippen LogP contribution in [0.25, 0.3) is 0 Å². The highest BCUT2D eigenvalue weighted by molar-refractivity contribution is 7.53. The monoisotopic (exact) mass is 282 g/mol. The molecule has 0 aliphatic carbocycles. The lowest BCUT2D eigenvalue weighted by molar-refractivity contribution is 0.0139. The van der Waals surface area contributed by atoms with Crippen LogP contribution >= 0.6 is 7.60 Å². The molecule has 0 aromatic heterocycles. The minimum atomic E-state index is -3.11. The van der Waals surface area contributed by atoms with Gasteiger partial charge < -0.3 is 24.0 Å². The first kappa shape index (κ1) is 16.1. The average molecular weight is 282 g/mol. The highest BCUT2D eigenvalue weighted by Crippen LogP contribution is 2.49. The lowest BCUT2D eigenvalue weighted by atomic mass is 10.1.